The third kappa shape index (κ3) is 13.6. The van der Waals surface area contributed by atoms with Crippen molar-refractivity contribution in [3.05, 3.63) is 0 Å². The summed E-state index contributed by atoms with van der Waals surface area (Å²) >= 11 is 0. The molecule has 2 heteroatoms. The lowest BCUT2D eigenvalue weighted by Gasteiger charge is -2.27. The summed E-state index contributed by atoms with van der Waals surface area (Å²) in [6.45, 7) is 12.7. The van der Waals surface area contributed by atoms with Crippen LogP contribution in [-0.2, 0) is 0 Å². The van der Waals surface area contributed by atoms with Gasteiger partial charge in [-0.25, -0.2) is 0 Å². The smallest absolute Gasteiger partial charge is 0.00390 e. The van der Waals surface area contributed by atoms with Gasteiger partial charge in [-0.15, -0.1) is 0 Å². The van der Waals surface area contributed by atoms with Gasteiger partial charge in [-0.2, -0.15) is 0 Å². The third-order valence-electron chi connectivity index (χ3n) is 5.01. The van der Waals surface area contributed by atoms with E-state index in [-0.39, 0.29) is 0 Å². The summed E-state index contributed by atoms with van der Waals surface area (Å²) in [5, 5.41) is 0. The molecule has 0 saturated carbocycles. The standard InChI is InChI=1S/C20H44N2/c1-17(2)9-8-10-18(3)12-14-20(4,5)15-13-19(22)11-6-7-16-21/h17-19H,6-16,21-22H2,1-5H3. The molecule has 0 rings (SSSR count). The number of hydrogen-bond acceptors (Lipinski definition) is 2. The second kappa shape index (κ2) is 12.4. The average Bonchev–Trinajstić information content (AvgIpc) is 2.43. The zero-order valence-electron chi connectivity index (χ0n) is 16.2. The highest BCUT2D eigenvalue weighted by Gasteiger charge is 2.20. The van der Waals surface area contributed by atoms with Gasteiger partial charge in [0, 0.05) is 6.04 Å². The lowest BCUT2D eigenvalue weighted by Crippen LogP contribution is -2.24. The van der Waals surface area contributed by atoms with E-state index in [1.165, 1.54) is 51.4 Å². The van der Waals surface area contributed by atoms with Gasteiger partial charge in [-0.1, -0.05) is 66.7 Å². The van der Waals surface area contributed by atoms with Crippen LogP contribution < -0.4 is 11.5 Å². The van der Waals surface area contributed by atoms with E-state index in [0.717, 1.165) is 31.2 Å². The Morgan fingerprint density at radius 2 is 1.41 bits per heavy atom. The van der Waals surface area contributed by atoms with Crippen LogP contribution in [0.1, 0.15) is 98.8 Å². The molecule has 22 heavy (non-hydrogen) atoms. The molecule has 0 aromatic heterocycles. The molecule has 0 saturated heterocycles. The van der Waals surface area contributed by atoms with Crippen molar-refractivity contribution in [2.45, 2.75) is 105 Å². The zero-order chi connectivity index (χ0) is 17.0. The molecule has 0 heterocycles. The first-order valence-electron chi connectivity index (χ1n) is 9.72. The number of hydrogen-bond donors (Lipinski definition) is 2. The number of rotatable bonds is 14. The van der Waals surface area contributed by atoms with Crippen molar-refractivity contribution in [2.75, 3.05) is 6.54 Å². The van der Waals surface area contributed by atoms with Gasteiger partial charge in [-0.05, 0) is 55.9 Å². The summed E-state index contributed by atoms with van der Waals surface area (Å²) in [5.41, 5.74) is 12.2. The van der Waals surface area contributed by atoms with Crippen molar-refractivity contribution in [1.82, 2.24) is 0 Å². The summed E-state index contributed by atoms with van der Waals surface area (Å²) in [7, 11) is 0. The van der Waals surface area contributed by atoms with Crippen LogP contribution in [0.25, 0.3) is 0 Å². The first-order valence-corrected chi connectivity index (χ1v) is 9.72. The molecular weight excluding hydrogens is 268 g/mol. The molecule has 2 nitrogen and oxygen atoms in total. The van der Waals surface area contributed by atoms with Gasteiger partial charge >= 0.3 is 0 Å². The first-order chi connectivity index (χ1) is 10.3. The Labute approximate surface area is 140 Å². The highest BCUT2D eigenvalue weighted by atomic mass is 14.6. The Bertz CT molecular complexity index is 248. The number of nitrogens with two attached hydrogens (primary N) is 2. The van der Waals surface area contributed by atoms with Gasteiger partial charge < -0.3 is 11.5 Å². The molecule has 2 atom stereocenters. The largest absolute Gasteiger partial charge is 0.330 e. The average molecular weight is 313 g/mol. The van der Waals surface area contributed by atoms with Gasteiger partial charge in [0.05, 0.1) is 0 Å². The van der Waals surface area contributed by atoms with Crippen LogP contribution in [-0.4, -0.2) is 12.6 Å². The van der Waals surface area contributed by atoms with E-state index in [2.05, 4.69) is 34.6 Å². The Kier molecular flexibility index (Phi) is 12.3. The van der Waals surface area contributed by atoms with E-state index in [0.29, 0.717) is 11.5 Å². The zero-order valence-corrected chi connectivity index (χ0v) is 16.2. The van der Waals surface area contributed by atoms with Crippen LogP contribution in [0, 0.1) is 17.3 Å². The summed E-state index contributed by atoms with van der Waals surface area (Å²) in [4.78, 5) is 0. The quantitative estimate of drug-likeness (QED) is 0.417. The molecular formula is C20H44N2. The van der Waals surface area contributed by atoms with Crippen molar-refractivity contribution >= 4 is 0 Å². The monoisotopic (exact) mass is 312 g/mol. The second-order valence-corrected chi connectivity index (χ2v) is 8.72. The maximum absolute atomic E-state index is 6.23. The topological polar surface area (TPSA) is 52.0 Å². The van der Waals surface area contributed by atoms with Crippen LogP contribution in [0.4, 0.5) is 0 Å². The van der Waals surface area contributed by atoms with Crippen LogP contribution in [0.15, 0.2) is 0 Å². The fourth-order valence-electron chi connectivity index (χ4n) is 3.05. The van der Waals surface area contributed by atoms with E-state index in [1.807, 2.05) is 0 Å². The van der Waals surface area contributed by atoms with E-state index in [9.17, 15) is 0 Å². The predicted molar refractivity (Wildman–Crippen MR) is 101 cm³/mol. The van der Waals surface area contributed by atoms with Crippen molar-refractivity contribution in [2.24, 2.45) is 28.7 Å². The summed E-state index contributed by atoms with van der Waals surface area (Å²) in [5.74, 6) is 1.72. The minimum atomic E-state index is 0.370. The predicted octanol–water partition coefficient (Wildman–Crippen LogP) is 5.49. The third-order valence-corrected chi connectivity index (χ3v) is 5.01. The molecule has 2 unspecified atom stereocenters. The molecule has 0 aliphatic carbocycles. The van der Waals surface area contributed by atoms with Crippen molar-refractivity contribution in [3.8, 4) is 0 Å². The molecule has 0 fully saturated rings. The fourth-order valence-corrected chi connectivity index (χ4v) is 3.05. The summed E-state index contributed by atoms with van der Waals surface area (Å²) in [6, 6.07) is 0.370. The van der Waals surface area contributed by atoms with Gasteiger partial charge in [0.1, 0.15) is 0 Å². The van der Waals surface area contributed by atoms with E-state index >= 15 is 0 Å². The summed E-state index contributed by atoms with van der Waals surface area (Å²) < 4.78 is 0. The second-order valence-electron chi connectivity index (χ2n) is 8.72. The van der Waals surface area contributed by atoms with E-state index in [4.69, 9.17) is 11.5 Å². The Hall–Kier alpha value is -0.0800. The van der Waals surface area contributed by atoms with E-state index < -0.39 is 0 Å². The first kappa shape index (κ1) is 21.9. The lowest BCUT2D eigenvalue weighted by molar-refractivity contribution is 0.255. The number of unbranched alkanes of at least 4 members (excludes halogenated alkanes) is 1. The van der Waals surface area contributed by atoms with Crippen molar-refractivity contribution in [1.29, 1.82) is 0 Å². The molecule has 4 N–H and O–H groups in total. The Morgan fingerprint density at radius 1 is 0.773 bits per heavy atom. The minimum Gasteiger partial charge on any atom is -0.330 e. The molecule has 0 aliphatic rings. The molecule has 0 aromatic carbocycles. The lowest BCUT2D eigenvalue weighted by atomic mass is 9.79. The van der Waals surface area contributed by atoms with Crippen LogP contribution in [0.2, 0.25) is 0 Å². The molecule has 0 bridgehead atoms. The maximum Gasteiger partial charge on any atom is 0.00390 e. The Morgan fingerprint density at radius 3 is 2.00 bits per heavy atom. The van der Waals surface area contributed by atoms with Gasteiger partial charge in [0.15, 0.2) is 0 Å². The molecule has 0 radical (unpaired) electrons. The molecule has 0 spiro atoms. The van der Waals surface area contributed by atoms with Crippen molar-refractivity contribution in [3.63, 3.8) is 0 Å². The molecule has 0 aromatic rings. The fraction of sp³-hybridized carbons (Fsp3) is 1.00. The SMILES string of the molecule is CC(C)CCCC(C)CCC(C)(C)CCC(N)CCCCN. The maximum atomic E-state index is 6.23. The van der Waals surface area contributed by atoms with Gasteiger partial charge in [0.25, 0.3) is 0 Å². The van der Waals surface area contributed by atoms with Crippen LogP contribution >= 0.6 is 0 Å². The Balaban J connectivity index is 3.79. The normalized spacial score (nSPS) is 15.3. The van der Waals surface area contributed by atoms with Crippen molar-refractivity contribution < 1.29 is 0 Å². The van der Waals surface area contributed by atoms with Crippen LogP contribution in [0.3, 0.4) is 0 Å². The van der Waals surface area contributed by atoms with Gasteiger partial charge in [0.2, 0.25) is 0 Å². The molecule has 134 valence electrons. The summed E-state index contributed by atoms with van der Waals surface area (Å²) in [6.07, 6.45) is 12.7. The van der Waals surface area contributed by atoms with E-state index in [1.54, 1.807) is 0 Å². The van der Waals surface area contributed by atoms with Crippen LogP contribution in [0.5, 0.6) is 0 Å². The molecule has 0 amide bonds. The highest BCUT2D eigenvalue weighted by Crippen LogP contribution is 2.32. The molecule has 0 aliphatic heterocycles. The van der Waals surface area contributed by atoms with Gasteiger partial charge in [-0.3, -0.25) is 0 Å². The highest BCUT2D eigenvalue weighted by molar-refractivity contribution is 4.74. The minimum absolute atomic E-state index is 0.370.